The van der Waals surface area contributed by atoms with Gasteiger partial charge in [0.2, 0.25) is 0 Å². The molecule has 0 aromatic carbocycles. The van der Waals surface area contributed by atoms with Crippen molar-refractivity contribution >= 4 is 11.6 Å². The van der Waals surface area contributed by atoms with Gasteiger partial charge in [-0.2, -0.15) is 0 Å². The largest absolute Gasteiger partial charge is 0.370 e. The highest BCUT2D eigenvalue weighted by atomic mass is 15.1. The van der Waals surface area contributed by atoms with Crippen LogP contribution in [0.25, 0.3) is 0 Å². The summed E-state index contributed by atoms with van der Waals surface area (Å²) in [7, 11) is 0. The van der Waals surface area contributed by atoms with Crippen LogP contribution >= 0.6 is 0 Å². The molecule has 0 spiro atoms. The summed E-state index contributed by atoms with van der Waals surface area (Å²) >= 11 is 0. The van der Waals surface area contributed by atoms with Crippen LogP contribution in [0.4, 0.5) is 11.6 Å². The lowest BCUT2D eigenvalue weighted by molar-refractivity contribution is 0.558. The number of nitrogens with zero attached hydrogens (tertiary/aromatic N) is 2. The van der Waals surface area contributed by atoms with Crippen molar-refractivity contribution in [1.29, 1.82) is 0 Å². The molecule has 4 heteroatoms. The Balaban J connectivity index is 2.86. The second kappa shape index (κ2) is 6.42. The Kier molecular flexibility index (Phi) is 5.19. The molecule has 0 amide bonds. The smallest absolute Gasteiger partial charge is 0.132 e. The number of hydrogen-bond acceptors (Lipinski definition) is 4. The highest BCUT2D eigenvalue weighted by Gasteiger charge is 2.09. The van der Waals surface area contributed by atoms with E-state index >= 15 is 0 Å². The normalized spacial score (nSPS) is 12.6. The summed E-state index contributed by atoms with van der Waals surface area (Å²) in [4.78, 5) is 8.93. The van der Waals surface area contributed by atoms with E-state index in [9.17, 15) is 0 Å². The van der Waals surface area contributed by atoms with Crippen molar-refractivity contribution < 1.29 is 0 Å². The zero-order chi connectivity index (χ0) is 12.8. The number of anilines is 2. The number of aromatic nitrogens is 2. The van der Waals surface area contributed by atoms with Crippen LogP contribution in [0.1, 0.15) is 40.4 Å². The Morgan fingerprint density at radius 2 is 1.76 bits per heavy atom. The van der Waals surface area contributed by atoms with Gasteiger partial charge in [-0.25, -0.2) is 9.97 Å². The zero-order valence-corrected chi connectivity index (χ0v) is 11.5. The highest BCUT2D eigenvalue weighted by Crippen LogP contribution is 2.14. The molecule has 1 aromatic heterocycles. The summed E-state index contributed by atoms with van der Waals surface area (Å²) in [5, 5.41) is 6.66. The minimum absolute atomic E-state index is 0.407. The van der Waals surface area contributed by atoms with Gasteiger partial charge in [0.05, 0.1) is 0 Å². The van der Waals surface area contributed by atoms with Crippen LogP contribution in [0.5, 0.6) is 0 Å². The van der Waals surface area contributed by atoms with Crippen LogP contribution in [0.3, 0.4) is 0 Å². The molecule has 0 saturated heterocycles. The average Bonchev–Trinajstić information content (AvgIpc) is 2.28. The molecule has 0 aliphatic rings. The van der Waals surface area contributed by atoms with Crippen molar-refractivity contribution in [3.8, 4) is 0 Å². The fourth-order valence-electron chi connectivity index (χ4n) is 1.40. The van der Waals surface area contributed by atoms with Crippen molar-refractivity contribution in [2.24, 2.45) is 5.92 Å². The molecule has 0 bridgehead atoms. The van der Waals surface area contributed by atoms with Crippen LogP contribution in [0.2, 0.25) is 0 Å². The van der Waals surface area contributed by atoms with Crippen LogP contribution in [0, 0.1) is 5.92 Å². The van der Waals surface area contributed by atoms with Crippen LogP contribution in [-0.2, 0) is 6.42 Å². The minimum atomic E-state index is 0.407. The summed E-state index contributed by atoms with van der Waals surface area (Å²) in [5.41, 5.74) is 0. The molecule has 0 aliphatic heterocycles. The monoisotopic (exact) mass is 236 g/mol. The molecule has 1 unspecified atom stereocenters. The summed E-state index contributed by atoms with van der Waals surface area (Å²) in [6.07, 6.45) is 0.851. The molecule has 1 atom stereocenters. The first-order chi connectivity index (χ1) is 8.06. The topological polar surface area (TPSA) is 49.8 Å². The standard InChI is InChI=1S/C13H24N4/c1-6-11-16-12(14-7-2)8-13(17-11)15-10(5)9(3)4/h8-10H,6-7H2,1-5H3,(H2,14,15,16,17). The lowest BCUT2D eigenvalue weighted by Crippen LogP contribution is -2.22. The lowest BCUT2D eigenvalue weighted by atomic mass is 10.1. The molecular weight excluding hydrogens is 212 g/mol. The third-order valence-corrected chi connectivity index (χ3v) is 2.82. The fourth-order valence-corrected chi connectivity index (χ4v) is 1.40. The molecular formula is C13H24N4. The van der Waals surface area contributed by atoms with Gasteiger partial charge in [-0.3, -0.25) is 0 Å². The average molecular weight is 236 g/mol. The second-order valence-electron chi connectivity index (χ2n) is 4.62. The SMILES string of the molecule is CCNc1cc(NC(C)C(C)C)nc(CC)n1. The summed E-state index contributed by atoms with van der Waals surface area (Å²) in [6, 6.07) is 2.38. The Bertz CT molecular complexity index is 349. The second-order valence-corrected chi connectivity index (χ2v) is 4.62. The first-order valence-electron chi connectivity index (χ1n) is 6.45. The van der Waals surface area contributed by atoms with Gasteiger partial charge in [-0.05, 0) is 19.8 Å². The third kappa shape index (κ3) is 4.21. The van der Waals surface area contributed by atoms with Gasteiger partial charge >= 0.3 is 0 Å². The number of hydrogen-bond donors (Lipinski definition) is 2. The summed E-state index contributed by atoms with van der Waals surface area (Å²) in [5.74, 6) is 3.27. The van der Waals surface area contributed by atoms with Crippen molar-refractivity contribution in [3.05, 3.63) is 11.9 Å². The van der Waals surface area contributed by atoms with E-state index in [-0.39, 0.29) is 0 Å². The fraction of sp³-hybridized carbons (Fsp3) is 0.692. The van der Waals surface area contributed by atoms with E-state index in [0.29, 0.717) is 12.0 Å². The van der Waals surface area contributed by atoms with Crippen molar-refractivity contribution in [2.45, 2.75) is 47.1 Å². The van der Waals surface area contributed by atoms with E-state index in [2.05, 4.69) is 55.2 Å². The first-order valence-corrected chi connectivity index (χ1v) is 6.45. The maximum absolute atomic E-state index is 4.49. The van der Waals surface area contributed by atoms with E-state index in [1.54, 1.807) is 0 Å². The molecule has 1 rings (SSSR count). The maximum atomic E-state index is 4.49. The summed E-state index contributed by atoms with van der Waals surface area (Å²) < 4.78 is 0. The van der Waals surface area contributed by atoms with Gasteiger partial charge in [-0.15, -0.1) is 0 Å². The molecule has 4 nitrogen and oxygen atoms in total. The van der Waals surface area contributed by atoms with E-state index in [1.165, 1.54) is 0 Å². The van der Waals surface area contributed by atoms with Gasteiger partial charge in [0, 0.05) is 25.1 Å². The van der Waals surface area contributed by atoms with Gasteiger partial charge < -0.3 is 10.6 Å². The molecule has 1 heterocycles. The number of aryl methyl sites for hydroxylation is 1. The zero-order valence-electron chi connectivity index (χ0n) is 11.5. The highest BCUT2D eigenvalue weighted by molar-refractivity contribution is 5.48. The van der Waals surface area contributed by atoms with E-state index < -0.39 is 0 Å². The van der Waals surface area contributed by atoms with Crippen molar-refractivity contribution in [3.63, 3.8) is 0 Å². The third-order valence-electron chi connectivity index (χ3n) is 2.82. The van der Waals surface area contributed by atoms with Crippen molar-refractivity contribution in [1.82, 2.24) is 9.97 Å². The molecule has 0 fully saturated rings. The van der Waals surface area contributed by atoms with Gasteiger partial charge in [0.15, 0.2) is 0 Å². The van der Waals surface area contributed by atoms with Crippen LogP contribution < -0.4 is 10.6 Å². The Morgan fingerprint density at radius 1 is 1.12 bits per heavy atom. The van der Waals surface area contributed by atoms with E-state index in [0.717, 1.165) is 30.4 Å². The summed E-state index contributed by atoms with van der Waals surface area (Å²) in [6.45, 7) is 11.6. The Hall–Kier alpha value is -1.32. The number of rotatable bonds is 6. The van der Waals surface area contributed by atoms with Crippen LogP contribution in [0.15, 0.2) is 6.07 Å². The van der Waals surface area contributed by atoms with Gasteiger partial charge in [0.25, 0.3) is 0 Å². The van der Waals surface area contributed by atoms with Gasteiger partial charge in [0.1, 0.15) is 17.5 Å². The molecule has 0 saturated carbocycles. The predicted octanol–water partition coefficient (Wildman–Crippen LogP) is 2.93. The Morgan fingerprint density at radius 3 is 2.29 bits per heavy atom. The molecule has 17 heavy (non-hydrogen) atoms. The first kappa shape index (κ1) is 13.7. The van der Waals surface area contributed by atoms with E-state index in [1.807, 2.05) is 6.07 Å². The number of nitrogens with one attached hydrogen (secondary N) is 2. The molecule has 1 aromatic rings. The van der Waals surface area contributed by atoms with Crippen molar-refractivity contribution in [2.75, 3.05) is 17.2 Å². The quantitative estimate of drug-likeness (QED) is 0.797. The van der Waals surface area contributed by atoms with Gasteiger partial charge in [-0.1, -0.05) is 20.8 Å². The molecule has 0 radical (unpaired) electrons. The lowest BCUT2D eigenvalue weighted by Gasteiger charge is -2.19. The molecule has 2 N–H and O–H groups in total. The van der Waals surface area contributed by atoms with E-state index in [4.69, 9.17) is 0 Å². The Labute approximate surface area is 104 Å². The van der Waals surface area contributed by atoms with Crippen LogP contribution in [-0.4, -0.2) is 22.6 Å². The maximum Gasteiger partial charge on any atom is 0.132 e. The minimum Gasteiger partial charge on any atom is -0.370 e. The predicted molar refractivity (Wildman–Crippen MR) is 73.5 cm³/mol. The molecule has 0 aliphatic carbocycles. The molecule has 96 valence electrons.